The highest BCUT2D eigenvalue weighted by atomic mass is 16.7. The van der Waals surface area contributed by atoms with E-state index in [0.29, 0.717) is 0 Å². The Bertz CT molecular complexity index is 2220. The van der Waals surface area contributed by atoms with E-state index in [9.17, 15) is 79.2 Å². The zero-order valence-electron chi connectivity index (χ0n) is 38.8. The molecule has 0 aliphatic carbocycles. The lowest BCUT2D eigenvalue weighted by Crippen LogP contribution is -2.13. The van der Waals surface area contributed by atoms with E-state index in [4.69, 9.17) is 37.9 Å². The van der Waals surface area contributed by atoms with E-state index in [1.165, 1.54) is 0 Å². The molecule has 0 saturated carbocycles. The third kappa shape index (κ3) is 19.4. The standard InChI is InChI=1S/C46H48N4O24/c51-37(52)29-17-25(18-30(47-29)38(53)54)67-9-1-5-13-71-45(72-14-6-2-10-68-26-19-31(39(55)56)48-32(20-26)40(57)58)46(73-15-7-3-11-69-27-21-33(41(59)60)49-34(22-27)42(61)62)74-16-8-4-12-70-28-23-35(43(63)64)50-36(24-28)44(65)66/h17-24H,1-16H2,(H,51,52)(H,53,54)(H,55,56)(H,57,58)(H,59,60)(H,61,62)(H,63,64)(H,65,66). The topological polar surface area (TPSA) is 424 Å². The summed E-state index contributed by atoms with van der Waals surface area (Å²) in [5.74, 6) is -12.4. The normalized spacial score (nSPS) is 10.5. The van der Waals surface area contributed by atoms with Gasteiger partial charge in [-0.3, -0.25) is 0 Å². The second kappa shape index (κ2) is 29.0. The number of carbonyl (C=O) groups is 8. The van der Waals surface area contributed by atoms with Crippen molar-refractivity contribution in [1.82, 2.24) is 19.9 Å². The number of aromatic carboxylic acids is 8. The van der Waals surface area contributed by atoms with Crippen LogP contribution in [0.25, 0.3) is 0 Å². The molecule has 0 atom stereocenters. The molecule has 4 heterocycles. The van der Waals surface area contributed by atoms with Crippen molar-refractivity contribution in [3.8, 4) is 23.0 Å². The van der Waals surface area contributed by atoms with Crippen molar-refractivity contribution in [2.75, 3.05) is 52.9 Å². The maximum Gasteiger partial charge on any atom is 0.364 e. The van der Waals surface area contributed by atoms with Crippen LogP contribution < -0.4 is 18.9 Å². The molecule has 0 saturated heterocycles. The highest BCUT2D eigenvalue weighted by Crippen LogP contribution is 2.21. The van der Waals surface area contributed by atoms with Crippen LogP contribution in [0.3, 0.4) is 0 Å². The first-order chi connectivity index (χ1) is 35.3. The smallest absolute Gasteiger partial charge is 0.364 e. The Morgan fingerprint density at radius 2 is 0.419 bits per heavy atom. The molecule has 0 fully saturated rings. The van der Waals surface area contributed by atoms with Crippen LogP contribution >= 0.6 is 0 Å². The summed E-state index contributed by atoms with van der Waals surface area (Å²) < 4.78 is 46.3. The van der Waals surface area contributed by atoms with Gasteiger partial charge in [-0.25, -0.2) is 58.3 Å². The van der Waals surface area contributed by atoms with Crippen molar-refractivity contribution in [3.63, 3.8) is 0 Å². The summed E-state index contributed by atoms with van der Waals surface area (Å²) in [4.78, 5) is 106. The van der Waals surface area contributed by atoms with Gasteiger partial charge in [0.25, 0.3) is 0 Å². The predicted molar refractivity (Wildman–Crippen MR) is 242 cm³/mol. The summed E-state index contributed by atoms with van der Waals surface area (Å²) in [5, 5.41) is 74.7. The van der Waals surface area contributed by atoms with Crippen LogP contribution in [-0.4, -0.2) is 161 Å². The van der Waals surface area contributed by atoms with Crippen molar-refractivity contribution in [2.24, 2.45) is 0 Å². The SMILES string of the molecule is O=C(O)c1cc(OCCCCOC(OCCCCOc2cc(C(=O)O)nc(C(=O)O)c2)=C(OCCCCOc2cc(C(=O)O)nc(C(=O)O)c2)OCCCCOc2cc(C(=O)O)nc(C(=O)O)c2)cc(C(=O)O)n1. The minimum Gasteiger partial charge on any atom is -0.493 e. The summed E-state index contributed by atoms with van der Waals surface area (Å²) in [6, 6.07) is 8.52. The van der Waals surface area contributed by atoms with E-state index in [-0.39, 0.29) is 139 Å². The monoisotopic (exact) mass is 1040 g/mol. The first-order valence-electron chi connectivity index (χ1n) is 22.0. The molecule has 4 rings (SSSR count). The van der Waals surface area contributed by atoms with Crippen LogP contribution in [0.15, 0.2) is 60.4 Å². The van der Waals surface area contributed by atoms with Gasteiger partial charge in [0.2, 0.25) is 0 Å². The summed E-state index contributed by atoms with van der Waals surface area (Å²) in [7, 11) is 0. The van der Waals surface area contributed by atoms with Gasteiger partial charge in [-0.15, -0.1) is 0 Å². The van der Waals surface area contributed by atoms with Gasteiger partial charge in [0, 0.05) is 48.5 Å². The van der Waals surface area contributed by atoms with Gasteiger partial charge >= 0.3 is 59.6 Å². The van der Waals surface area contributed by atoms with E-state index >= 15 is 0 Å². The predicted octanol–water partition coefficient (Wildman–Crippen LogP) is 4.78. The largest absolute Gasteiger partial charge is 0.493 e. The Morgan fingerprint density at radius 1 is 0.270 bits per heavy atom. The van der Waals surface area contributed by atoms with Gasteiger partial charge in [-0.2, -0.15) is 0 Å². The summed E-state index contributed by atoms with van der Waals surface area (Å²) >= 11 is 0. The fourth-order valence-corrected chi connectivity index (χ4v) is 5.79. The fraction of sp³-hybridized carbons (Fsp3) is 0.348. The number of carboxylic acid groups (broad SMARTS) is 8. The zero-order chi connectivity index (χ0) is 54.2. The lowest BCUT2D eigenvalue weighted by atomic mass is 10.2. The molecule has 0 unspecified atom stereocenters. The Kier molecular flexibility index (Phi) is 22.4. The van der Waals surface area contributed by atoms with E-state index in [1.54, 1.807) is 0 Å². The van der Waals surface area contributed by atoms with Crippen molar-refractivity contribution >= 4 is 47.8 Å². The molecule has 0 aliphatic rings. The molecule has 396 valence electrons. The quantitative estimate of drug-likeness (QED) is 0.0224. The van der Waals surface area contributed by atoms with Gasteiger partial charge in [-0.05, 0) is 51.4 Å². The van der Waals surface area contributed by atoms with E-state index in [1.807, 2.05) is 0 Å². The molecule has 0 bridgehead atoms. The Morgan fingerprint density at radius 3 is 0.568 bits per heavy atom. The van der Waals surface area contributed by atoms with E-state index < -0.39 is 93.3 Å². The van der Waals surface area contributed by atoms with Gasteiger partial charge in [-0.1, -0.05) is 0 Å². The molecule has 0 aromatic carbocycles. The molecule has 0 amide bonds. The third-order valence-corrected chi connectivity index (χ3v) is 9.28. The van der Waals surface area contributed by atoms with Crippen LogP contribution in [0.2, 0.25) is 0 Å². The molecule has 8 N–H and O–H groups in total. The van der Waals surface area contributed by atoms with Crippen molar-refractivity contribution in [2.45, 2.75) is 51.4 Å². The minimum atomic E-state index is -1.47. The second-order valence-electron chi connectivity index (χ2n) is 14.9. The molecule has 4 aromatic rings. The van der Waals surface area contributed by atoms with Gasteiger partial charge in [0.15, 0.2) is 45.6 Å². The van der Waals surface area contributed by atoms with Crippen LogP contribution in [0.4, 0.5) is 0 Å². The van der Waals surface area contributed by atoms with Crippen LogP contribution in [-0.2, 0) is 18.9 Å². The molecule has 0 aliphatic heterocycles. The Labute approximate surface area is 417 Å². The maximum absolute atomic E-state index is 11.5. The third-order valence-electron chi connectivity index (χ3n) is 9.28. The van der Waals surface area contributed by atoms with Gasteiger partial charge < -0.3 is 78.7 Å². The highest BCUT2D eigenvalue weighted by molar-refractivity contribution is 5.93. The van der Waals surface area contributed by atoms with Crippen LogP contribution in [0, 0.1) is 0 Å². The first kappa shape index (κ1) is 57.1. The average Bonchev–Trinajstić information content (AvgIpc) is 3.36. The molecule has 28 nitrogen and oxygen atoms in total. The van der Waals surface area contributed by atoms with Crippen LogP contribution in [0.1, 0.15) is 135 Å². The number of hydrogen-bond donors (Lipinski definition) is 8. The number of rotatable bonds is 36. The molecule has 74 heavy (non-hydrogen) atoms. The molecular weight excluding hydrogens is 993 g/mol. The number of aromatic nitrogens is 4. The van der Waals surface area contributed by atoms with Crippen molar-refractivity contribution < 1.29 is 117 Å². The molecule has 0 radical (unpaired) electrons. The molecule has 4 aromatic heterocycles. The summed E-state index contributed by atoms with van der Waals surface area (Å²) in [6.07, 6.45) is 2.25. The van der Waals surface area contributed by atoms with Gasteiger partial charge in [0.1, 0.15) is 23.0 Å². The van der Waals surface area contributed by atoms with Crippen LogP contribution in [0.5, 0.6) is 23.0 Å². The summed E-state index contributed by atoms with van der Waals surface area (Å²) in [6.45, 7) is -0.277. The number of carboxylic acids is 8. The molecule has 0 spiro atoms. The maximum atomic E-state index is 11.5. The Hall–Kier alpha value is -9.50. The Balaban J connectivity index is 1.46. The van der Waals surface area contributed by atoms with Crippen molar-refractivity contribution in [1.29, 1.82) is 0 Å². The highest BCUT2D eigenvalue weighted by Gasteiger charge is 2.20. The molecule has 28 heteroatoms. The van der Waals surface area contributed by atoms with Crippen molar-refractivity contribution in [3.05, 3.63) is 106 Å². The molecular formula is C46H48N4O24. The lowest BCUT2D eigenvalue weighted by molar-refractivity contribution is -0.0474. The lowest BCUT2D eigenvalue weighted by Gasteiger charge is -2.18. The number of ether oxygens (including phenoxy) is 8. The second-order valence-corrected chi connectivity index (χ2v) is 14.9. The first-order valence-corrected chi connectivity index (χ1v) is 22.0. The van der Waals surface area contributed by atoms with E-state index in [2.05, 4.69) is 19.9 Å². The van der Waals surface area contributed by atoms with E-state index in [0.717, 1.165) is 48.5 Å². The average molecular weight is 1040 g/mol. The minimum absolute atomic E-state index is 0.0156. The fourth-order valence-electron chi connectivity index (χ4n) is 5.79. The number of unbranched alkanes of at least 4 members (excludes halogenated alkanes) is 4. The number of nitrogens with zero attached hydrogens (tertiary/aromatic N) is 4. The number of hydrogen-bond acceptors (Lipinski definition) is 20. The van der Waals surface area contributed by atoms with Gasteiger partial charge in [0.05, 0.1) is 52.9 Å². The zero-order valence-corrected chi connectivity index (χ0v) is 38.8. The number of pyridine rings is 4. The summed E-state index contributed by atoms with van der Waals surface area (Å²) in [5.41, 5.74) is -4.32.